The summed E-state index contributed by atoms with van der Waals surface area (Å²) in [6.07, 6.45) is 4.37. The van der Waals surface area contributed by atoms with E-state index in [0.29, 0.717) is 6.42 Å². The number of esters is 1. The summed E-state index contributed by atoms with van der Waals surface area (Å²) in [6, 6.07) is 6.43. The van der Waals surface area contributed by atoms with Gasteiger partial charge in [-0.15, -0.1) is 0 Å². The maximum atomic E-state index is 12.9. The lowest BCUT2D eigenvalue weighted by Crippen LogP contribution is -2.31. The predicted octanol–water partition coefficient (Wildman–Crippen LogP) is 3.47. The molecular formula is C18H21FO3. The number of hydrogen-bond acceptors (Lipinski definition) is 3. The van der Waals surface area contributed by atoms with Crippen LogP contribution in [0.2, 0.25) is 0 Å². The van der Waals surface area contributed by atoms with Crippen molar-refractivity contribution in [2.24, 2.45) is 11.8 Å². The van der Waals surface area contributed by atoms with E-state index in [4.69, 9.17) is 4.74 Å². The lowest BCUT2D eigenvalue weighted by Gasteiger charge is -2.28. The van der Waals surface area contributed by atoms with E-state index in [2.05, 4.69) is 0 Å². The highest BCUT2D eigenvalue weighted by atomic mass is 19.1. The van der Waals surface area contributed by atoms with Crippen LogP contribution in [-0.2, 0) is 20.7 Å². The van der Waals surface area contributed by atoms with E-state index in [1.54, 1.807) is 18.2 Å². The van der Waals surface area contributed by atoms with Gasteiger partial charge in [0.15, 0.2) is 5.78 Å². The molecule has 2 rings (SSSR count). The van der Waals surface area contributed by atoms with Crippen LogP contribution in [0.3, 0.4) is 0 Å². The minimum atomic E-state index is -0.323. The van der Waals surface area contributed by atoms with Gasteiger partial charge in [-0.2, -0.15) is 0 Å². The van der Waals surface area contributed by atoms with E-state index in [1.165, 1.54) is 19.2 Å². The lowest BCUT2D eigenvalue weighted by molar-refractivity contribution is -0.146. The molecule has 0 aliphatic heterocycles. The third-order valence-corrected chi connectivity index (χ3v) is 4.22. The fourth-order valence-corrected chi connectivity index (χ4v) is 3.14. The second kappa shape index (κ2) is 7.34. The van der Waals surface area contributed by atoms with Gasteiger partial charge in [-0.25, -0.2) is 4.39 Å². The van der Waals surface area contributed by atoms with Crippen molar-refractivity contribution in [3.63, 3.8) is 0 Å². The summed E-state index contributed by atoms with van der Waals surface area (Å²) in [5, 5.41) is 0. The summed E-state index contributed by atoms with van der Waals surface area (Å²) in [4.78, 5) is 23.7. The zero-order valence-electron chi connectivity index (χ0n) is 13.0. The first kappa shape index (κ1) is 16.4. The number of ketones is 1. The molecule has 0 heterocycles. The van der Waals surface area contributed by atoms with Crippen molar-refractivity contribution in [1.29, 1.82) is 0 Å². The third kappa shape index (κ3) is 4.03. The molecule has 1 aromatic carbocycles. The molecular weight excluding hydrogens is 283 g/mol. The van der Waals surface area contributed by atoms with Gasteiger partial charge in [0.1, 0.15) is 5.82 Å². The molecule has 0 N–H and O–H groups in total. The molecule has 0 radical (unpaired) electrons. The first-order valence-electron chi connectivity index (χ1n) is 7.54. The van der Waals surface area contributed by atoms with Gasteiger partial charge in [-0.3, -0.25) is 9.59 Å². The van der Waals surface area contributed by atoms with Crippen LogP contribution in [0.5, 0.6) is 0 Å². The van der Waals surface area contributed by atoms with Crippen LogP contribution < -0.4 is 0 Å². The summed E-state index contributed by atoms with van der Waals surface area (Å²) in [7, 11) is 1.38. The number of allylic oxidation sites excluding steroid dienone is 1. The molecule has 2 unspecified atom stereocenters. The van der Waals surface area contributed by atoms with E-state index in [9.17, 15) is 14.0 Å². The van der Waals surface area contributed by atoms with Gasteiger partial charge in [0.2, 0.25) is 0 Å². The molecule has 4 heteroatoms. The molecule has 22 heavy (non-hydrogen) atoms. The maximum absolute atomic E-state index is 12.9. The SMILES string of the molecule is COC(=O)C1C(C)=CC(=O)CC1CCCc1ccc(F)cc1. The minimum absolute atomic E-state index is 0.00889. The number of halogens is 1. The Balaban J connectivity index is 1.97. The molecule has 1 aliphatic carbocycles. The number of carbonyl (C=O) groups is 2. The molecule has 0 fully saturated rings. The van der Waals surface area contributed by atoms with Crippen LogP contribution in [0.4, 0.5) is 4.39 Å². The van der Waals surface area contributed by atoms with Crippen molar-refractivity contribution in [2.75, 3.05) is 7.11 Å². The highest BCUT2D eigenvalue weighted by Gasteiger charge is 2.34. The molecule has 3 nitrogen and oxygen atoms in total. The van der Waals surface area contributed by atoms with Crippen LogP contribution in [-0.4, -0.2) is 18.9 Å². The quantitative estimate of drug-likeness (QED) is 0.782. The van der Waals surface area contributed by atoms with Crippen molar-refractivity contribution >= 4 is 11.8 Å². The van der Waals surface area contributed by atoms with Gasteiger partial charge >= 0.3 is 5.97 Å². The van der Waals surface area contributed by atoms with Crippen LogP contribution in [0.1, 0.15) is 31.7 Å². The van der Waals surface area contributed by atoms with Gasteiger partial charge in [-0.05, 0) is 55.9 Å². The maximum Gasteiger partial charge on any atom is 0.313 e. The Kier molecular flexibility index (Phi) is 5.47. The molecule has 0 aromatic heterocycles. The largest absolute Gasteiger partial charge is 0.469 e. The Morgan fingerprint density at radius 1 is 1.32 bits per heavy atom. The molecule has 0 bridgehead atoms. The lowest BCUT2D eigenvalue weighted by atomic mass is 9.76. The number of rotatable bonds is 5. The summed E-state index contributed by atoms with van der Waals surface area (Å²) >= 11 is 0. The molecule has 1 aromatic rings. The molecule has 0 saturated heterocycles. The molecule has 118 valence electrons. The summed E-state index contributed by atoms with van der Waals surface area (Å²) in [6.45, 7) is 1.81. The van der Waals surface area contributed by atoms with E-state index in [1.807, 2.05) is 6.92 Å². The summed E-state index contributed by atoms with van der Waals surface area (Å²) in [5.41, 5.74) is 1.85. The fourth-order valence-electron chi connectivity index (χ4n) is 3.14. The van der Waals surface area contributed by atoms with Crippen molar-refractivity contribution in [2.45, 2.75) is 32.6 Å². The Bertz CT molecular complexity index is 574. The highest BCUT2D eigenvalue weighted by molar-refractivity contribution is 5.94. The van der Waals surface area contributed by atoms with Crippen molar-refractivity contribution < 1.29 is 18.7 Å². The van der Waals surface area contributed by atoms with Gasteiger partial charge in [0.25, 0.3) is 0 Å². The van der Waals surface area contributed by atoms with E-state index < -0.39 is 0 Å². The predicted molar refractivity (Wildman–Crippen MR) is 81.7 cm³/mol. The third-order valence-electron chi connectivity index (χ3n) is 4.22. The van der Waals surface area contributed by atoms with Gasteiger partial charge in [0.05, 0.1) is 13.0 Å². The van der Waals surface area contributed by atoms with Crippen molar-refractivity contribution in [3.8, 4) is 0 Å². The van der Waals surface area contributed by atoms with Crippen molar-refractivity contribution in [3.05, 3.63) is 47.3 Å². The number of benzene rings is 1. The number of methoxy groups -OCH3 is 1. The molecule has 0 spiro atoms. The van der Waals surface area contributed by atoms with Gasteiger partial charge in [0, 0.05) is 6.42 Å². The molecule has 2 atom stereocenters. The van der Waals surface area contributed by atoms with Crippen LogP contribution >= 0.6 is 0 Å². The van der Waals surface area contributed by atoms with Gasteiger partial charge in [-0.1, -0.05) is 17.7 Å². The topological polar surface area (TPSA) is 43.4 Å². The Morgan fingerprint density at radius 2 is 2.00 bits per heavy atom. The number of ether oxygens (including phenoxy) is 1. The van der Waals surface area contributed by atoms with Gasteiger partial charge < -0.3 is 4.74 Å². The Hall–Kier alpha value is -1.97. The molecule has 1 aliphatic rings. The zero-order chi connectivity index (χ0) is 16.1. The standard InChI is InChI=1S/C18H21FO3/c1-12-10-16(20)11-14(17(12)18(21)22-2)5-3-4-13-6-8-15(19)9-7-13/h6-10,14,17H,3-5,11H2,1-2H3. The number of aryl methyl sites for hydroxylation is 1. The first-order chi connectivity index (χ1) is 10.5. The summed E-state index contributed by atoms with van der Waals surface area (Å²) in [5.74, 6) is -0.771. The monoisotopic (exact) mass is 304 g/mol. The average molecular weight is 304 g/mol. The smallest absolute Gasteiger partial charge is 0.313 e. The average Bonchev–Trinajstić information content (AvgIpc) is 2.48. The van der Waals surface area contributed by atoms with E-state index in [0.717, 1.165) is 30.4 Å². The fraction of sp³-hybridized carbons (Fsp3) is 0.444. The number of hydrogen-bond donors (Lipinski definition) is 0. The Morgan fingerprint density at radius 3 is 2.64 bits per heavy atom. The van der Waals surface area contributed by atoms with Crippen LogP contribution in [0.25, 0.3) is 0 Å². The minimum Gasteiger partial charge on any atom is -0.469 e. The summed E-state index contributed by atoms with van der Waals surface area (Å²) < 4.78 is 17.7. The second-order valence-corrected chi connectivity index (χ2v) is 5.84. The first-order valence-corrected chi connectivity index (χ1v) is 7.54. The zero-order valence-corrected chi connectivity index (χ0v) is 13.0. The van der Waals surface area contributed by atoms with Crippen molar-refractivity contribution in [1.82, 2.24) is 0 Å². The van der Waals surface area contributed by atoms with E-state index >= 15 is 0 Å². The highest BCUT2D eigenvalue weighted by Crippen LogP contribution is 2.33. The second-order valence-electron chi connectivity index (χ2n) is 5.84. The van der Waals surface area contributed by atoms with Crippen LogP contribution in [0.15, 0.2) is 35.9 Å². The molecule has 0 saturated carbocycles. The number of carbonyl (C=O) groups excluding carboxylic acids is 2. The van der Waals surface area contributed by atoms with Crippen LogP contribution in [0, 0.1) is 17.7 Å². The Labute approximate surface area is 130 Å². The molecule has 0 amide bonds. The van der Waals surface area contributed by atoms with E-state index in [-0.39, 0.29) is 29.4 Å². The normalized spacial score (nSPS) is 21.4.